The van der Waals surface area contributed by atoms with Crippen molar-refractivity contribution in [1.29, 1.82) is 0 Å². The smallest absolute Gasteiger partial charge is 0.282 e. The number of rotatable bonds is 11. The van der Waals surface area contributed by atoms with Gasteiger partial charge in [0, 0.05) is 38.4 Å². The third kappa shape index (κ3) is 5.42. The highest BCUT2D eigenvalue weighted by Gasteiger charge is 2.23. The number of imidazole rings is 1. The molecule has 3 N–H and O–H groups in total. The molecule has 0 bridgehead atoms. The molecule has 0 aliphatic rings. The highest BCUT2D eigenvalue weighted by atomic mass is 32.2. The molecule has 0 aliphatic heterocycles. The number of methoxy groups -OCH3 is 2. The van der Waals surface area contributed by atoms with Crippen LogP contribution in [0.4, 0.5) is 17.3 Å². The second-order valence-corrected chi connectivity index (χ2v) is 9.28. The Bertz CT molecular complexity index is 1470. The van der Waals surface area contributed by atoms with Gasteiger partial charge in [0.05, 0.1) is 43.9 Å². The van der Waals surface area contributed by atoms with E-state index in [2.05, 4.69) is 25.0 Å². The van der Waals surface area contributed by atoms with Gasteiger partial charge in [-0.3, -0.25) is 4.72 Å². The first-order valence-corrected chi connectivity index (χ1v) is 12.4. The molecule has 0 aliphatic carbocycles. The summed E-state index contributed by atoms with van der Waals surface area (Å²) in [5, 5.41) is 12.1. The number of sulfonamides is 1. The fraction of sp³-hybridized carbons (Fsp3) is 0.261. The van der Waals surface area contributed by atoms with Crippen molar-refractivity contribution in [2.75, 3.05) is 37.5 Å². The van der Waals surface area contributed by atoms with Crippen molar-refractivity contribution >= 4 is 38.4 Å². The number of nitrogens with one attached hydrogen (secondary N) is 2. The number of aryl methyl sites for hydroxylation is 1. The highest BCUT2D eigenvalue weighted by Crippen LogP contribution is 2.41. The van der Waals surface area contributed by atoms with E-state index in [9.17, 15) is 8.42 Å². The lowest BCUT2D eigenvalue weighted by Gasteiger charge is -2.19. The number of ether oxygens (including phenoxy) is 3. The molecule has 2 aromatic heterocycles. The minimum Gasteiger partial charge on any atom is -0.497 e. The molecular weight excluding hydrogens is 488 g/mol. The summed E-state index contributed by atoms with van der Waals surface area (Å²) in [5.41, 5.74) is 1.43. The van der Waals surface area contributed by atoms with E-state index < -0.39 is 10.0 Å². The molecule has 36 heavy (non-hydrogen) atoms. The Labute approximate surface area is 207 Å². The average Bonchev–Trinajstić information content (AvgIpc) is 3.32. The van der Waals surface area contributed by atoms with Crippen LogP contribution in [0.1, 0.15) is 6.42 Å². The Balaban J connectivity index is 1.81. The Hall–Kier alpha value is -4.10. The molecule has 0 radical (unpaired) electrons. The summed E-state index contributed by atoms with van der Waals surface area (Å²) in [6, 6.07) is 10.4. The Kier molecular flexibility index (Phi) is 7.41. The zero-order valence-corrected chi connectivity index (χ0v) is 20.7. The van der Waals surface area contributed by atoms with Crippen LogP contribution in [0.15, 0.2) is 53.9 Å². The number of hydrogen-bond acceptors (Lipinski definition) is 10. The summed E-state index contributed by atoms with van der Waals surface area (Å²) in [7, 11) is 0.601. The maximum atomic E-state index is 13.0. The van der Waals surface area contributed by atoms with Crippen LogP contribution in [-0.2, 0) is 17.1 Å². The fourth-order valence-corrected chi connectivity index (χ4v) is 4.31. The SMILES string of the molecule is COc1cc(Nc2nc3ccccc3nc2NS(=O)(=O)c2cn(C)cn2)c(OCCCO)c(OC)c1. The predicted octanol–water partition coefficient (Wildman–Crippen LogP) is 2.69. The van der Waals surface area contributed by atoms with Crippen molar-refractivity contribution in [2.45, 2.75) is 11.4 Å². The van der Waals surface area contributed by atoms with Crippen LogP contribution >= 0.6 is 0 Å². The van der Waals surface area contributed by atoms with E-state index in [0.29, 0.717) is 40.4 Å². The summed E-state index contributed by atoms with van der Waals surface area (Å²) in [4.78, 5) is 13.0. The van der Waals surface area contributed by atoms with Crippen molar-refractivity contribution in [2.24, 2.45) is 7.05 Å². The van der Waals surface area contributed by atoms with Crippen LogP contribution in [0.5, 0.6) is 17.2 Å². The zero-order chi connectivity index (χ0) is 25.7. The molecule has 0 saturated heterocycles. The number of para-hydroxylation sites is 2. The highest BCUT2D eigenvalue weighted by molar-refractivity contribution is 7.92. The van der Waals surface area contributed by atoms with Gasteiger partial charge in [-0.15, -0.1) is 0 Å². The maximum Gasteiger partial charge on any atom is 0.282 e. The van der Waals surface area contributed by atoms with E-state index in [0.717, 1.165) is 0 Å². The lowest BCUT2D eigenvalue weighted by Crippen LogP contribution is -2.16. The van der Waals surface area contributed by atoms with Gasteiger partial charge >= 0.3 is 0 Å². The zero-order valence-electron chi connectivity index (χ0n) is 19.9. The van der Waals surface area contributed by atoms with Crippen molar-refractivity contribution in [1.82, 2.24) is 19.5 Å². The van der Waals surface area contributed by atoms with Gasteiger partial charge in [0.15, 0.2) is 28.2 Å². The maximum absolute atomic E-state index is 13.0. The molecule has 0 saturated carbocycles. The van der Waals surface area contributed by atoms with Crippen molar-refractivity contribution in [3.05, 3.63) is 48.9 Å². The third-order valence-electron chi connectivity index (χ3n) is 5.04. The predicted molar refractivity (Wildman–Crippen MR) is 134 cm³/mol. The summed E-state index contributed by atoms with van der Waals surface area (Å²) in [6.45, 7) is 0.174. The van der Waals surface area contributed by atoms with Gasteiger partial charge in [0.2, 0.25) is 0 Å². The summed E-state index contributed by atoms with van der Waals surface area (Å²) in [6.07, 6.45) is 3.17. The fourth-order valence-electron chi connectivity index (χ4n) is 3.32. The molecule has 0 spiro atoms. The molecule has 12 nitrogen and oxygen atoms in total. The van der Waals surface area contributed by atoms with E-state index in [1.807, 2.05) is 0 Å². The third-order valence-corrected chi connectivity index (χ3v) is 6.27. The Morgan fingerprint density at radius 2 is 1.78 bits per heavy atom. The molecule has 190 valence electrons. The van der Waals surface area contributed by atoms with Crippen molar-refractivity contribution in [3.8, 4) is 17.2 Å². The molecule has 0 fully saturated rings. The van der Waals surface area contributed by atoms with Gasteiger partial charge in [-0.1, -0.05) is 12.1 Å². The van der Waals surface area contributed by atoms with Crippen LogP contribution in [0.2, 0.25) is 0 Å². The monoisotopic (exact) mass is 514 g/mol. The quantitative estimate of drug-likeness (QED) is 0.255. The second-order valence-electron chi connectivity index (χ2n) is 7.65. The summed E-state index contributed by atoms with van der Waals surface area (Å²) in [5.74, 6) is 1.26. The van der Waals surface area contributed by atoms with E-state index >= 15 is 0 Å². The number of fused-ring (bicyclic) bond motifs is 1. The molecule has 0 unspecified atom stereocenters. The van der Waals surface area contributed by atoms with Crippen molar-refractivity contribution < 1.29 is 27.7 Å². The van der Waals surface area contributed by atoms with Crippen LogP contribution < -0.4 is 24.2 Å². The van der Waals surface area contributed by atoms with Crippen LogP contribution in [0, 0.1) is 0 Å². The first kappa shape index (κ1) is 25.0. The van der Waals surface area contributed by atoms with Gasteiger partial charge in [-0.05, 0) is 12.1 Å². The largest absolute Gasteiger partial charge is 0.497 e. The number of hydrogen-bond donors (Lipinski definition) is 3. The number of aliphatic hydroxyl groups is 1. The average molecular weight is 515 g/mol. The summed E-state index contributed by atoms with van der Waals surface area (Å²) >= 11 is 0. The first-order chi connectivity index (χ1) is 17.3. The van der Waals surface area contributed by atoms with E-state index in [-0.39, 0.29) is 29.9 Å². The van der Waals surface area contributed by atoms with Gasteiger partial charge in [0.25, 0.3) is 10.0 Å². The number of nitrogens with zero attached hydrogens (tertiary/aromatic N) is 4. The second kappa shape index (κ2) is 10.7. The van der Waals surface area contributed by atoms with Gasteiger partial charge in [0.1, 0.15) is 5.75 Å². The standard InChI is InChI=1S/C23H26N6O6S/c1-29-13-20(24-14-29)36(31,32)28-23-22(25-16-7-4-5-8-17(16)26-23)27-18-11-15(33-2)12-19(34-3)21(18)35-10-6-9-30/h4-5,7-8,11-14,30H,6,9-10H2,1-3H3,(H,25,27)(H,26,28). The molecule has 2 heterocycles. The van der Waals surface area contributed by atoms with Crippen LogP contribution in [-0.4, -0.2) is 60.5 Å². The molecule has 0 atom stereocenters. The normalized spacial score (nSPS) is 11.3. The number of benzene rings is 2. The van der Waals surface area contributed by atoms with E-state index in [1.54, 1.807) is 43.4 Å². The lowest BCUT2D eigenvalue weighted by atomic mass is 10.2. The number of aliphatic hydroxyl groups excluding tert-OH is 1. The van der Waals surface area contributed by atoms with Crippen LogP contribution in [0.3, 0.4) is 0 Å². The van der Waals surface area contributed by atoms with Gasteiger partial charge in [-0.2, -0.15) is 8.42 Å². The minimum absolute atomic E-state index is 0.0394. The van der Waals surface area contributed by atoms with Crippen molar-refractivity contribution in [3.63, 3.8) is 0 Å². The number of anilines is 3. The first-order valence-electron chi connectivity index (χ1n) is 10.9. The van der Waals surface area contributed by atoms with Gasteiger partial charge in [-0.25, -0.2) is 15.0 Å². The van der Waals surface area contributed by atoms with Gasteiger partial charge < -0.3 is 29.2 Å². The molecule has 13 heteroatoms. The molecule has 0 amide bonds. The Morgan fingerprint density at radius 1 is 1.06 bits per heavy atom. The van der Waals surface area contributed by atoms with E-state index in [4.69, 9.17) is 19.3 Å². The lowest BCUT2D eigenvalue weighted by molar-refractivity contribution is 0.228. The molecule has 4 aromatic rings. The van der Waals surface area contributed by atoms with E-state index in [1.165, 1.54) is 31.3 Å². The molecule has 4 rings (SSSR count). The summed E-state index contributed by atoms with van der Waals surface area (Å²) < 4.78 is 46.8. The Morgan fingerprint density at radius 3 is 2.39 bits per heavy atom. The van der Waals surface area contributed by atoms with Crippen LogP contribution in [0.25, 0.3) is 11.0 Å². The number of aromatic nitrogens is 4. The molecular formula is C23H26N6O6S. The topological polar surface area (TPSA) is 150 Å². The minimum atomic E-state index is -4.06. The molecule has 2 aromatic carbocycles.